The van der Waals surface area contributed by atoms with E-state index < -0.39 is 5.82 Å². The zero-order chi connectivity index (χ0) is 23.4. The van der Waals surface area contributed by atoms with E-state index in [1.807, 2.05) is 36.7 Å². The van der Waals surface area contributed by atoms with Crippen LogP contribution in [0.2, 0.25) is 0 Å². The molecule has 1 aromatic heterocycles. The summed E-state index contributed by atoms with van der Waals surface area (Å²) in [6, 6.07) is 15.9. The first-order chi connectivity index (χ1) is 15.9. The topological polar surface area (TPSA) is 70.5 Å². The first-order valence-electron chi connectivity index (χ1n) is 11.1. The van der Waals surface area contributed by atoms with Crippen LogP contribution in [0.4, 0.5) is 9.18 Å². The number of halogens is 1. The number of aromatic nitrogens is 2. The van der Waals surface area contributed by atoms with Crippen LogP contribution in [-0.2, 0) is 13.1 Å². The van der Waals surface area contributed by atoms with Gasteiger partial charge < -0.3 is 15.1 Å². The van der Waals surface area contributed by atoms with E-state index in [9.17, 15) is 14.0 Å². The second kappa shape index (κ2) is 9.85. The number of carbonyl (C=O) groups is 2. The van der Waals surface area contributed by atoms with Crippen LogP contribution < -0.4 is 5.32 Å². The SMILES string of the molecule is Cc1nn(Cc2ccccc2)c(C)c1CNC(=O)N1CCN(C(=O)c2ccccc2F)CC1. The molecule has 2 aromatic carbocycles. The molecule has 2 heterocycles. The van der Waals surface area contributed by atoms with Crippen LogP contribution in [0.3, 0.4) is 0 Å². The molecule has 3 amide bonds. The van der Waals surface area contributed by atoms with E-state index in [0.29, 0.717) is 39.3 Å². The molecule has 33 heavy (non-hydrogen) atoms. The molecule has 1 saturated heterocycles. The lowest BCUT2D eigenvalue weighted by Gasteiger charge is -2.34. The van der Waals surface area contributed by atoms with Crippen LogP contribution >= 0.6 is 0 Å². The lowest BCUT2D eigenvalue weighted by Crippen LogP contribution is -2.53. The highest BCUT2D eigenvalue weighted by molar-refractivity contribution is 5.94. The maximum atomic E-state index is 13.9. The van der Waals surface area contributed by atoms with Crippen molar-refractivity contribution < 1.29 is 14.0 Å². The number of aryl methyl sites for hydroxylation is 1. The van der Waals surface area contributed by atoms with E-state index in [1.54, 1.807) is 21.9 Å². The monoisotopic (exact) mass is 449 g/mol. The zero-order valence-corrected chi connectivity index (χ0v) is 18.9. The quantitative estimate of drug-likeness (QED) is 0.649. The highest BCUT2D eigenvalue weighted by atomic mass is 19.1. The fourth-order valence-electron chi connectivity index (χ4n) is 4.09. The summed E-state index contributed by atoms with van der Waals surface area (Å²) in [4.78, 5) is 28.6. The maximum absolute atomic E-state index is 13.9. The van der Waals surface area contributed by atoms with E-state index in [0.717, 1.165) is 17.0 Å². The van der Waals surface area contributed by atoms with Gasteiger partial charge in [0.05, 0.1) is 17.8 Å². The zero-order valence-electron chi connectivity index (χ0n) is 18.9. The van der Waals surface area contributed by atoms with Crippen molar-refractivity contribution in [3.8, 4) is 0 Å². The molecular weight excluding hydrogens is 421 g/mol. The predicted octanol–water partition coefficient (Wildman–Crippen LogP) is 3.35. The minimum absolute atomic E-state index is 0.0638. The minimum Gasteiger partial charge on any atom is -0.335 e. The highest BCUT2D eigenvalue weighted by Crippen LogP contribution is 2.16. The average molecular weight is 450 g/mol. The minimum atomic E-state index is -0.527. The molecule has 0 unspecified atom stereocenters. The van der Waals surface area contributed by atoms with Crippen LogP contribution in [0.25, 0.3) is 0 Å². The smallest absolute Gasteiger partial charge is 0.317 e. The first kappa shape index (κ1) is 22.5. The van der Waals surface area contributed by atoms with Crippen molar-refractivity contribution in [2.45, 2.75) is 26.9 Å². The molecule has 1 fully saturated rings. The molecule has 0 radical (unpaired) electrons. The van der Waals surface area contributed by atoms with E-state index in [1.165, 1.54) is 17.7 Å². The number of urea groups is 1. The molecule has 0 saturated carbocycles. The van der Waals surface area contributed by atoms with Crippen molar-refractivity contribution in [1.82, 2.24) is 24.9 Å². The number of nitrogens with one attached hydrogen (secondary N) is 1. The van der Waals surface area contributed by atoms with Gasteiger partial charge in [-0.15, -0.1) is 0 Å². The van der Waals surface area contributed by atoms with Crippen LogP contribution in [0.15, 0.2) is 54.6 Å². The van der Waals surface area contributed by atoms with Gasteiger partial charge in [0.1, 0.15) is 5.82 Å². The number of benzene rings is 2. The van der Waals surface area contributed by atoms with Crippen molar-refractivity contribution in [1.29, 1.82) is 0 Å². The van der Waals surface area contributed by atoms with Gasteiger partial charge in [0, 0.05) is 44.0 Å². The Morgan fingerprint density at radius 3 is 2.27 bits per heavy atom. The van der Waals surface area contributed by atoms with Gasteiger partial charge in [-0.1, -0.05) is 42.5 Å². The van der Waals surface area contributed by atoms with Gasteiger partial charge in [-0.2, -0.15) is 5.10 Å². The molecule has 1 N–H and O–H groups in total. The fourth-order valence-corrected chi connectivity index (χ4v) is 4.09. The third kappa shape index (κ3) is 5.05. The van der Waals surface area contributed by atoms with Crippen LogP contribution in [-0.4, -0.2) is 57.7 Å². The number of amides is 3. The van der Waals surface area contributed by atoms with Gasteiger partial charge in [-0.05, 0) is 31.5 Å². The van der Waals surface area contributed by atoms with Crippen LogP contribution in [0.1, 0.15) is 32.9 Å². The summed E-state index contributed by atoms with van der Waals surface area (Å²) in [7, 11) is 0. The van der Waals surface area contributed by atoms with Crippen molar-refractivity contribution in [2.75, 3.05) is 26.2 Å². The molecule has 0 spiro atoms. The predicted molar refractivity (Wildman–Crippen MR) is 123 cm³/mol. The number of carbonyl (C=O) groups excluding carboxylic acids is 2. The van der Waals surface area contributed by atoms with Crippen LogP contribution in [0, 0.1) is 19.7 Å². The van der Waals surface area contributed by atoms with Crippen molar-refractivity contribution in [3.05, 3.63) is 88.5 Å². The maximum Gasteiger partial charge on any atom is 0.317 e. The van der Waals surface area contributed by atoms with E-state index in [-0.39, 0.29) is 17.5 Å². The fraction of sp³-hybridized carbons (Fsp3) is 0.320. The van der Waals surface area contributed by atoms with Gasteiger partial charge in [-0.25, -0.2) is 9.18 Å². The van der Waals surface area contributed by atoms with E-state index >= 15 is 0 Å². The number of hydrogen-bond acceptors (Lipinski definition) is 3. The number of piperazine rings is 1. The van der Waals surface area contributed by atoms with Gasteiger partial charge in [0.2, 0.25) is 0 Å². The summed E-state index contributed by atoms with van der Waals surface area (Å²) in [6.07, 6.45) is 0. The van der Waals surface area contributed by atoms with Crippen molar-refractivity contribution in [3.63, 3.8) is 0 Å². The summed E-state index contributed by atoms with van der Waals surface area (Å²) in [6.45, 7) is 6.57. The number of rotatable bonds is 5. The summed E-state index contributed by atoms with van der Waals surface area (Å²) in [5, 5.41) is 7.62. The van der Waals surface area contributed by atoms with Gasteiger partial charge in [0.25, 0.3) is 5.91 Å². The molecule has 172 valence electrons. The molecule has 0 bridgehead atoms. The summed E-state index contributed by atoms with van der Waals surface area (Å²) in [5.74, 6) is -0.869. The lowest BCUT2D eigenvalue weighted by molar-refractivity contribution is 0.0660. The van der Waals surface area contributed by atoms with Gasteiger partial charge in [-0.3, -0.25) is 9.48 Å². The summed E-state index contributed by atoms with van der Waals surface area (Å²) < 4.78 is 15.9. The molecule has 3 aromatic rings. The molecule has 1 aliphatic heterocycles. The molecule has 8 heteroatoms. The lowest BCUT2D eigenvalue weighted by atomic mass is 10.1. The number of nitrogens with zero attached hydrogens (tertiary/aromatic N) is 4. The average Bonchev–Trinajstić information content (AvgIpc) is 3.10. The normalized spacial score (nSPS) is 13.8. The standard InChI is InChI=1S/C25H28FN5O2/c1-18-22(19(2)31(28-18)17-20-8-4-3-5-9-20)16-27-25(33)30-14-12-29(13-15-30)24(32)21-10-6-7-11-23(21)26/h3-11H,12-17H2,1-2H3,(H,27,33). The Morgan fingerprint density at radius 1 is 0.939 bits per heavy atom. The Morgan fingerprint density at radius 2 is 1.58 bits per heavy atom. The second-order valence-electron chi connectivity index (χ2n) is 8.21. The Kier molecular flexibility index (Phi) is 6.72. The van der Waals surface area contributed by atoms with Crippen molar-refractivity contribution >= 4 is 11.9 Å². The van der Waals surface area contributed by atoms with Gasteiger partial charge >= 0.3 is 6.03 Å². The Bertz CT molecular complexity index is 1140. The van der Waals surface area contributed by atoms with E-state index in [4.69, 9.17) is 0 Å². The first-order valence-corrected chi connectivity index (χ1v) is 11.1. The van der Waals surface area contributed by atoms with E-state index in [2.05, 4.69) is 22.5 Å². The number of hydrogen-bond donors (Lipinski definition) is 1. The molecule has 7 nitrogen and oxygen atoms in total. The second-order valence-corrected chi connectivity index (χ2v) is 8.21. The Hall–Kier alpha value is -3.68. The molecule has 0 aliphatic carbocycles. The third-order valence-electron chi connectivity index (χ3n) is 6.08. The Balaban J connectivity index is 1.31. The van der Waals surface area contributed by atoms with Crippen molar-refractivity contribution in [2.24, 2.45) is 0 Å². The molecule has 0 atom stereocenters. The molecule has 4 rings (SSSR count). The summed E-state index contributed by atoms with van der Waals surface area (Å²) >= 11 is 0. The molecule has 1 aliphatic rings. The molecular formula is C25H28FN5O2. The van der Waals surface area contributed by atoms with Crippen LogP contribution in [0.5, 0.6) is 0 Å². The summed E-state index contributed by atoms with van der Waals surface area (Å²) in [5.41, 5.74) is 4.16. The Labute approximate surface area is 192 Å². The third-order valence-corrected chi connectivity index (χ3v) is 6.08. The van der Waals surface area contributed by atoms with Gasteiger partial charge in [0.15, 0.2) is 0 Å². The highest BCUT2D eigenvalue weighted by Gasteiger charge is 2.26. The largest absolute Gasteiger partial charge is 0.335 e.